The zero-order valence-corrected chi connectivity index (χ0v) is 18.7. The second kappa shape index (κ2) is 9.33. The number of sulfonamides is 1. The number of carbonyl (C=O) groups excluding carboxylic acids is 1. The van der Waals surface area contributed by atoms with Crippen LogP contribution in [0.2, 0.25) is 0 Å². The third-order valence-corrected chi connectivity index (χ3v) is 7.59. The molecule has 3 aromatic rings. The summed E-state index contributed by atoms with van der Waals surface area (Å²) in [5.74, 6) is -1.14. The van der Waals surface area contributed by atoms with Crippen molar-refractivity contribution < 1.29 is 17.6 Å². The molecule has 0 aliphatic carbocycles. The Hall–Kier alpha value is -2.85. The van der Waals surface area contributed by atoms with Crippen molar-refractivity contribution in [2.24, 2.45) is 5.92 Å². The molecule has 1 N–H and O–H groups in total. The first-order valence-corrected chi connectivity index (χ1v) is 12.2. The van der Waals surface area contributed by atoms with E-state index in [1.54, 1.807) is 35.0 Å². The number of aryl methyl sites for hydroxylation is 1. The minimum atomic E-state index is -3.78. The molecule has 1 atom stereocenters. The molecule has 1 aromatic heterocycles. The molecule has 8 nitrogen and oxygen atoms in total. The summed E-state index contributed by atoms with van der Waals surface area (Å²) in [4.78, 5) is 12.8. The number of fused-ring (bicyclic) bond motifs is 1. The molecule has 1 saturated heterocycles. The molecule has 0 saturated carbocycles. The lowest BCUT2D eigenvalue weighted by Gasteiger charge is -2.31. The Kier molecular flexibility index (Phi) is 6.52. The third kappa shape index (κ3) is 4.51. The molecular weight excluding hydrogens is 433 g/mol. The summed E-state index contributed by atoms with van der Waals surface area (Å²) in [5, 5.41) is 10.9. The second-order valence-electron chi connectivity index (χ2n) is 7.97. The molecule has 32 heavy (non-hydrogen) atoms. The van der Waals surface area contributed by atoms with Gasteiger partial charge in [-0.3, -0.25) is 4.79 Å². The molecule has 4 rings (SSSR count). The maximum atomic E-state index is 13.8. The molecule has 2 heterocycles. The first-order valence-electron chi connectivity index (χ1n) is 10.7. The number of halogens is 1. The van der Waals surface area contributed by atoms with Crippen molar-refractivity contribution in [3.05, 3.63) is 53.8 Å². The lowest BCUT2D eigenvalue weighted by atomic mass is 9.98. The van der Waals surface area contributed by atoms with E-state index < -0.39 is 15.9 Å². The zero-order valence-electron chi connectivity index (χ0n) is 17.9. The minimum Gasteiger partial charge on any atom is -0.352 e. The van der Waals surface area contributed by atoms with Crippen LogP contribution >= 0.6 is 0 Å². The standard InChI is InChI=1S/C22H26FN5O3S/c1-2-11-28-21-10-9-18(13-20(21)25-26-28)32(30,31)27-12-5-7-17(15-27)22(29)24-14-16-6-3-4-8-19(16)23/h3-4,6,8-10,13,17H,2,5,7,11-12,14-15H2,1H3,(H,24,29). The van der Waals surface area contributed by atoms with Gasteiger partial charge in [0.15, 0.2) is 0 Å². The van der Waals surface area contributed by atoms with Crippen molar-refractivity contribution in [2.75, 3.05) is 13.1 Å². The fourth-order valence-electron chi connectivity index (χ4n) is 3.98. The second-order valence-corrected chi connectivity index (χ2v) is 9.91. The van der Waals surface area contributed by atoms with E-state index in [4.69, 9.17) is 0 Å². The lowest BCUT2D eigenvalue weighted by molar-refractivity contribution is -0.126. The molecule has 1 unspecified atom stereocenters. The number of carbonyl (C=O) groups is 1. The summed E-state index contributed by atoms with van der Waals surface area (Å²) in [7, 11) is -3.78. The molecule has 0 radical (unpaired) electrons. The van der Waals surface area contributed by atoms with Crippen molar-refractivity contribution in [3.8, 4) is 0 Å². The molecule has 0 spiro atoms. The van der Waals surface area contributed by atoms with Crippen LogP contribution in [0.5, 0.6) is 0 Å². The first-order chi connectivity index (χ1) is 15.4. The van der Waals surface area contributed by atoms with Gasteiger partial charge in [-0.15, -0.1) is 5.10 Å². The molecule has 170 valence electrons. The van der Waals surface area contributed by atoms with Crippen LogP contribution in [0.3, 0.4) is 0 Å². The Bertz CT molecular complexity index is 1230. The highest BCUT2D eigenvalue weighted by molar-refractivity contribution is 7.89. The number of aromatic nitrogens is 3. The van der Waals surface area contributed by atoms with Crippen LogP contribution in [0.25, 0.3) is 11.0 Å². The van der Waals surface area contributed by atoms with E-state index >= 15 is 0 Å². The average molecular weight is 460 g/mol. The van der Waals surface area contributed by atoms with Crippen molar-refractivity contribution in [2.45, 2.75) is 44.2 Å². The Labute approximate surface area is 186 Å². The summed E-state index contributed by atoms with van der Waals surface area (Å²) >= 11 is 0. The summed E-state index contributed by atoms with van der Waals surface area (Å²) in [6, 6.07) is 11.1. The zero-order chi connectivity index (χ0) is 22.7. The first kappa shape index (κ1) is 22.3. The summed E-state index contributed by atoms with van der Waals surface area (Å²) in [6.45, 7) is 3.24. The topological polar surface area (TPSA) is 97.2 Å². The number of benzene rings is 2. The van der Waals surface area contributed by atoms with Gasteiger partial charge in [0, 0.05) is 31.7 Å². The van der Waals surface area contributed by atoms with E-state index in [0.29, 0.717) is 37.0 Å². The van der Waals surface area contributed by atoms with Crippen LogP contribution in [0.4, 0.5) is 4.39 Å². The van der Waals surface area contributed by atoms with Crippen LogP contribution in [0, 0.1) is 11.7 Å². The molecule has 1 aliphatic rings. The Balaban J connectivity index is 1.46. The van der Waals surface area contributed by atoms with Crippen LogP contribution in [-0.4, -0.2) is 46.7 Å². The smallest absolute Gasteiger partial charge is 0.243 e. The van der Waals surface area contributed by atoms with E-state index in [9.17, 15) is 17.6 Å². The number of nitrogens with one attached hydrogen (secondary N) is 1. The van der Waals surface area contributed by atoms with Crippen LogP contribution in [-0.2, 0) is 27.9 Å². The predicted octanol–water partition coefficient (Wildman–Crippen LogP) is 2.70. The largest absolute Gasteiger partial charge is 0.352 e. The Morgan fingerprint density at radius 1 is 1.25 bits per heavy atom. The van der Waals surface area contributed by atoms with Crippen molar-refractivity contribution in [1.82, 2.24) is 24.6 Å². The van der Waals surface area contributed by atoms with Gasteiger partial charge in [0.1, 0.15) is 11.3 Å². The van der Waals surface area contributed by atoms with Crippen LogP contribution < -0.4 is 5.32 Å². The Morgan fingerprint density at radius 2 is 2.06 bits per heavy atom. The molecule has 10 heteroatoms. The predicted molar refractivity (Wildman–Crippen MR) is 118 cm³/mol. The molecule has 1 fully saturated rings. The van der Waals surface area contributed by atoms with Gasteiger partial charge in [-0.25, -0.2) is 17.5 Å². The minimum absolute atomic E-state index is 0.0683. The average Bonchev–Trinajstić information content (AvgIpc) is 3.21. The van der Waals surface area contributed by atoms with E-state index in [1.807, 2.05) is 6.92 Å². The number of amides is 1. The number of hydrogen-bond acceptors (Lipinski definition) is 5. The number of rotatable bonds is 7. The highest BCUT2D eigenvalue weighted by Gasteiger charge is 2.33. The maximum absolute atomic E-state index is 13.8. The fourth-order valence-corrected chi connectivity index (χ4v) is 5.53. The summed E-state index contributed by atoms with van der Waals surface area (Å²) in [5.41, 5.74) is 1.70. The maximum Gasteiger partial charge on any atom is 0.243 e. The monoisotopic (exact) mass is 459 g/mol. The lowest BCUT2D eigenvalue weighted by Crippen LogP contribution is -2.45. The SMILES string of the molecule is CCCn1nnc2cc(S(=O)(=O)N3CCCC(C(=O)NCc4ccccc4F)C3)ccc21. The molecule has 0 bridgehead atoms. The van der Waals surface area contributed by atoms with Crippen LogP contribution in [0.15, 0.2) is 47.4 Å². The third-order valence-electron chi connectivity index (χ3n) is 5.72. The highest BCUT2D eigenvalue weighted by atomic mass is 32.2. The van der Waals surface area contributed by atoms with Gasteiger partial charge >= 0.3 is 0 Å². The number of piperidine rings is 1. The van der Waals surface area contributed by atoms with Crippen molar-refractivity contribution in [3.63, 3.8) is 0 Å². The number of nitrogens with zero attached hydrogens (tertiary/aromatic N) is 4. The van der Waals surface area contributed by atoms with Crippen molar-refractivity contribution in [1.29, 1.82) is 0 Å². The van der Waals surface area contributed by atoms with E-state index in [0.717, 1.165) is 11.9 Å². The van der Waals surface area contributed by atoms with Gasteiger partial charge in [0.25, 0.3) is 0 Å². The van der Waals surface area contributed by atoms with E-state index in [2.05, 4.69) is 15.6 Å². The van der Waals surface area contributed by atoms with Crippen LogP contribution in [0.1, 0.15) is 31.7 Å². The van der Waals surface area contributed by atoms with Gasteiger partial charge in [-0.2, -0.15) is 4.31 Å². The highest BCUT2D eigenvalue weighted by Crippen LogP contribution is 2.26. The molecule has 1 aliphatic heterocycles. The normalized spacial score (nSPS) is 17.5. The van der Waals surface area contributed by atoms with Gasteiger partial charge in [0.05, 0.1) is 16.3 Å². The molecular formula is C22H26FN5O3S. The van der Waals surface area contributed by atoms with Gasteiger partial charge in [-0.1, -0.05) is 30.3 Å². The number of hydrogen-bond donors (Lipinski definition) is 1. The summed E-state index contributed by atoms with van der Waals surface area (Å²) in [6.07, 6.45) is 2.05. The summed E-state index contributed by atoms with van der Waals surface area (Å²) < 4.78 is 43.4. The van der Waals surface area contributed by atoms with Gasteiger partial charge < -0.3 is 5.32 Å². The fraction of sp³-hybridized carbons (Fsp3) is 0.409. The molecule has 1 amide bonds. The van der Waals surface area contributed by atoms with E-state index in [-0.39, 0.29) is 29.7 Å². The molecule has 2 aromatic carbocycles. The Morgan fingerprint density at radius 3 is 2.84 bits per heavy atom. The van der Waals surface area contributed by atoms with Crippen molar-refractivity contribution >= 4 is 27.0 Å². The van der Waals surface area contributed by atoms with Gasteiger partial charge in [-0.05, 0) is 43.5 Å². The van der Waals surface area contributed by atoms with Gasteiger partial charge in [0.2, 0.25) is 15.9 Å². The van der Waals surface area contributed by atoms with E-state index in [1.165, 1.54) is 16.4 Å². The quantitative estimate of drug-likeness (QED) is 0.586.